The van der Waals surface area contributed by atoms with E-state index in [0.717, 1.165) is 5.56 Å². The number of hydrogen-bond acceptors (Lipinski definition) is 5. The molecule has 0 aliphatic carbocycles. The highest BCUT2D eigenvalue weighted by Gasteiger charge is 2.78. The first kappa shape index (κ1) is 25.7. The van der Waals surface area contributed by atoms with Gasteiger partial charge in [0, 0.05) is 19.7 Å². The van der Waals surface area contributed by atoms with Gasteiger partial charge in [0.25, 0.3) is 5.91 Å². The molecular formula is C26H33ClN2O6. The van der Waals surface area contributed by atoms with Crippen LogP contribution in [0.4, 0.5) is 5.69 Å². The van der Waals surface area contributed by atoms with Gasteiger partial charge in [-0.1, -0.05) is 29.8 Å². The topological polar surface area (TPSA) is 107 Å². The number of aryl methyl sites for hydroxylation is 1. The Morgan fingerprint density at radius 2 is 2.06 bits per heavy atom. The lowest BCUT2D eigenvalue weighted by Crippen LogP contribution is -2.56. The number of para-hydroxylation sites is 1. The summed E-state index contributed by atoms with van der Waals surface area (Å²) in [7, 11) is 0. The maximum Gasteiger partial charge on any atom is 0.310 e. The maximum absolute atomic E-state index is 14.3. The van der Waals surface area contributed by atoms with Crippen molar-refractivity contribution in [3.8, 4) is 0 Å². The smallest absolute Gasteiger partial charge is 0.310 e. The summed E-state index contributed by atoms with van der Waals surface area (Å²) in [6, 6.07) is 4.40. The van der Waals surface area contributed by atoms with Gasteiger partial charge in [-0.2, -0.15) is 0 Å². The lowest BCUT2D eigenvalue weighted by atomic mass is 9.66. The summed E-state index contributed by atoms with van der Waals surface area (Å²) in [6.07, 6.45) is 4.34. The molecule has 190 valence electrons. The van der Waals surface area contributed by atoms with Crippen LogP contribution in [-0.2, 0) is 19.1 Å². The highest BCUT2D eigenvalue weighted by Crippen LogP contribution is 2.63. The van der Waals surface area contributed by atoms with Crippen molar-refractivity contribution in [2.24, 2.45) is 11.8 Å². The van der Waals surface area contributed by atoms with E-state index in [9.17, 15) is 19.5 Å². The number of carboxylic acids is 1. The molecule has 2 amide bonds. The Balaban J connectivity index is 1.79. The Hall–Kier alpha value is -2.42. The predicted molar refractivity (Wildman–Crippen MR) is 131 cm³/mol. The number of hydrogen-bond donors (Lipinski definition) is 2. The van der Waals surface area contributed by atoms with Gasteiger partial charge in [0.1, 0.15) is 11.6 Å². The molecule has 1 spiro atoms. The Bertz CT molecular complexity index is 1030. The van der Waals surface area contributed by atoms with Crippen LogP contribution in [0.1, 0.15) is 44.6 Å². The van der Waals surface area contributed by atoms with E-state index < -0.39 is 35.0 Å². The first-order valence-corrected chi connectivity index (χ1v) is 12.5. The van der Waals surface area contributed by atoms with E-state index in [1.165, 1.54) is 9.80 Å². The molecule has 0 aromatic heterocycles. The van der Waals surface area contributed by atoms with Crippen LogP contribution in [0.3, 0.4) is 0 Å². The summed E-state index contributed by atoms with van der Waals surface area (Å²) in [4.78, 5) is 43.5. The number of unbranched alkanes of at least 4 members (excludes halogenated alkanes) is 2. The Labute approximate surface area is 210 Å². The number of ether oxygens (including phenoxy) is 1. The van der Waals surface area contributed by atoms with Crippen molar-refractivity contribution in [2.45, 2.75) is 63.2 Å². The third-order valence-corrected chi connectivity index (χ3v) is 8.17. The number of anilines is 1. The molecule has 35 heavy (non-hydrogen) atoms. The van der Waals surface area contributed by atoms with Crippen molar-refractivity contribution >= 4 is 35.1 Å². The van der Waals surface area contributed by atoms with Crippen molar-refractivity contribution < 1.29 is 29.3 Å². The zero-order chi connectivity index (χ0) is 25.5. The van der Waals surface area contributed by atoms with Crippen LogP contribution in [0.25, 0.3) is 0 Å². The van der Waals surface area contributed by atoms with E-state index in [4.69, 9.17) is 21.4 Å². The number of aliphatic hydroxyl groups is 1. The minimum atomic E-state index is -1.21. The molecule has 2 N–H and O–H groups in total. The Kier molecular flexibility index (Phi) is 7.01. The molecule has 2 unspecified atom stereocenters. The fraction of sp³-hybridized carbons (Fsp3) is 0.577. The minimum Gasteiger partial charge on any atom is -0.481 e. The predicted octanol–water partition coefficient (Wildman–Crippen LogP) is 3.18. The highest BCUT2D eigenvalue weighted by atomic mass is 35.5. The number of benzene rings is 1. The molecule has 3 heterocycles. The number of rotatable bonds is 10. The molecule has 1 aromatic carbocycles. The molecular weight excluding hydrogens is 472 g/mol. The maximum atomic E-state index is 14.3. The van der Waals surface area contributed by atoms with Crippen molar-refractivity contribution in [1.82, 2.24) is 4.90 Å². The summed E-state index contributed by atoms with van der Waals surface area (Å²) in [5, 5.41) is 19.6. The summed E-state index contributed by atoms with van der Waals surface area (Å²) >= 11 is 6.53. The fourth-order valence-corrected chi connectivity index (χ4v) is 6.75. The molecule has 3 fully saturated rings. The SMILES string of the molecule is C=CCN(C(=O)C1N(CCCCCO)C(=O)[C@@H]2[C@H](C(=O)O)[C@]3(C)CCC12O3)c1c(C)cccc1Cl. The summed E-state index contributed by atoms with van der Waals surface area (Å²) in [5.41, 5.74) is -0.873. The summed E-state index contributed by atoms with van der Waals surface area (Å²) in [5.74, 6) is -3.72. The van der Waals surface area contributed by atoms with Gasteiger partial charge in [0.2, 0.25) is 5.91 Å². The number of carboxylic acid groups (broad SMARTS) is 1. The highest BCUT2D eigenvalue weighted by molar-refractivity contribution is 6.34. The van der Waals surface area contributed by atoms with Gasteiger partial charge >= 0.3 is 5.97 Å². The minimum absolute atomic E-state index is 0.0460. The van der Waals surface area contributed by atoms with E-state index in [0.29, 0.717) is 42.8 Å². The second kappa shape index (κ2) is 9.56. The third-order valence-electron chi connectivity index (χ3n) is 7.87. The number of aliphatic hydroxyl groups excluding tert-OH is 1. The molecule has 3 saturated heterocycles. The number of aliphatic carboxylic acids is 1. The largest absolute Gasteiger partial charge is 0.481 e. The number of nitrogens with zero attached hydrogens (tertiary/aromatic N) is 2. The van der Waals surface area contributed by atoms with E-state index in [-0.39, 0.29) is 31.5 Å². The average molecular weight is 505 g/mol. The third kappa shape index (κ3) is 3.96. The molecule has 8 nitrogen and oxygen atoms in total. The van der Waals surface area contributed by atoms with Crippen LogP contribution in [-0.4, -0.2) is 69.8 Å². The first-order chi connectivity index (χ1) is 16.6. The number of fused-ring (bicyclic) bond motifs is 1. The van der Waals surface area contributed by atoms with Gasteiger partial charge in [-0.25, -0.2) is 0 Å². The first-order valence-electron chi connectivity index (χ1n) is 12.1. The summed E-state index contributed by atoms with van der Waals surface area (Å²) < 4.78 is 6.44. The van der Waals surface area contributed by atoms with Crippen molar-refractivity contribution in [1.29, 1.82) is 0 Å². The number of amides is 2. The van der Waals surface area contributed by atoms with Gasteiger partial charge in [0.15, 0.2) is 0 Å². The van der Waals surface area contributed by atoms with Crippen LogP contribution in [0.2, 0.25) is 5.02 Å². The van der Waals surface area contributed by atoms with Crippen LogP contribution >= 0.6 is 11.6 Å². The quantitative estimate of drug-likeness (QED) is 0.374. The average Bonchev–Trinajstić information content (AvgIpc) is 3.36. The molecule has 4 rings (SSSR count). The molecule has 0 radical (unpaired) electrons. The molecule has 9 heteroatoms. The van der Waals surface area contributed by atoms with Gasteiger partial charge in [-0.15, -0.1) is 6.58 Å². The zero-order valence-corrected chi connectivity index (χ0v) is 21.0. The fourth-order valence-electron chi connectivity index (χ4n) is 6.43. The van der Waals surface area contributed by atoms with E-state index in [1.54, 1.807) is 25.1 Å². The zero-order valence-electron chi connectivity index (χ0n) is 20.2. The van der Waals surface area contributed by atoms with Crippen molar-refractivity contribution in [3.63, 3.8) is 0 Å². The normalized spacial score (nSPS) is 31.0. The number of carbonyl (C=O) groups is 3. The Morgan fingerprint density at radius 1 is 1.31 bits per heavy atom. The lowest BCUT2D eigenvalue weighted by Gasteiger charge is -2.37. The molecule has 1 aromatic rings. The van der Waals surface area contributed by atoms with Crippen LogP contribution in [0, 0.1) is 18.8 Å². The van der Waals surface area contributed by atoms with Gasteiger partial charge in [0.05, 0.1) is 28.1 Å². The summed E-state index contributed by atoms with van der Waals surface area (Å²) in [6.45, 7) is 7.90. The monoisotopic (exact) mass is 504 g/mol. The standard InChI is InChI=1S/C26H33ClN2O6/c1-4-13-28(20-16(2)9-8-10-17(20)27)23(32)21-26-12-11-25(3,35-26)19(24(33)34)18(26)22(31)29(21)14-6-5-7-15-30/h4,8-10,18-19,21,30H,1,5-7,11-15H2,2-3H3,(H,33,34)/t18-,19+,21?,25-,26?/m0/s1. The van der Waals surface area contributed by atoms with Gasteiger partial charge in [-0.3, -0.25) is 14.4 Å². The lowest BCUT2D eigenvalue weighted by molar-refractivity contribution is -0.154. The van der Waals surface area contributed by atoms with Crippen molar-refractivity contribution in [3.05, 3.63) is 41.4 Å². The van der Waals surface area contributed by atoms with Crippen LogP contribution in [0.15, 0.2) is 30.9 Å². The van der Waals surface area contributed by atoms with E-state index in [1.807, 2.05) is 13.0 Å². The molecule has 3 aliphatic rings. The van der Waals surface area contributed by atoms with Gasteiger partial charge < -0.3 is 24.7 Å². The van der Waals surface area contributed by atoms with Gasteiger partial charge in [-0.05, 0) is 57.6 Å². The molecule has 0 saturated carbocycles. The van der Waals surface area contributed by atoms with Crippen LogP contribution in [0.5, 0.6) is 0 Å². The molecule has 5 atom stereocenters. The second-order valence-electron chi connectivity index (χ2n) is 10.0. The second-order valence-corrected chi connectivity index (χ2v) is 10.4. The van der Waals surface area contributed by atoms with E-state index in [2.05, 4.69) is 6.58 Å². The number of halogens is 1. The number of likely N-dealkylation sites (tertiary alicyclic amines) is 1. The molecule has 3 aliphatic heterocycles. The van der Waals surface area contributed by atoms with Crippen molar-refractivity contribution in [2.75, 3.05) is 24.6 Å². The van der Waals surface area contributed by atoms with Crippen LogP contribution < -0.4 is 4.90 Å². The number of carbonyl (C=O) groups excluding carboxylic acids is 2. The van der Waals surface area contributed by atoms with E-state index >= 15 is 0 Å². The Morgan fingerprint density at radius 3 is 2.69 bits per heavy atom. The molecule has 2 bridgehead atoms.